The van der Waals surface area contributed by atoms with E-state index in [1.165, 1.54) is 12.1 Å². The number of benzene rings is 1. The molecule has 6 heteroatoms. The van der Waals surface area contributed by atoms with E-state index in [1.807, 2.05) is 13.2 Å². The molecule has 0 heterocycles. The van der Waals surface area contributed by atoms with Crippen molar-refractivity contribution in [2.45, 2.75) is 25.5 Å². The number of nitrogens with zero attached hydrogens (tertiary/aromatic N) is 1. The second kappa shape index (κ2) is 6.65. The zero-order valence-corrected chi connectivity index (χ0v) is 12.5. The third kappa shape index (κ3) is 4.98. The minimum Gasteiger partial charge on any atom is -0.494 e. The van der Waals surface area contributed by atoms with Crippen molar-refractivity contribution >= 4 is 23.1 Å². The van der Waals surface area contributed by atoms with Crippen LogP contribution in [0.25, 0.3) is 0 Å². The van der Waals surface area contributed by atoms with E-state index >= 15 is 0 Å². The quantitative estimate of drug-likeness (QED) is 0.612. The van der Waals surface area contributed by atoms with Crippen molar-refractivity contribution in [3.8, 4) is 5.75 Å². The Hall–Kier alpha value is -1.43. The molecule has 0 saturated heterocycles. The Labute approximate surface area is 117 Å². The number of nitro groups is 1. The largest absolute Gasteiger partial charge is 0.494 e. The lowest BCUT2D eigenvalue weighted by Crippen LogP contribution is -2.25. The van der Waals surface area contributed by atoms with Crippen molar-refractivity contribution < 1.29 is 9.66 Å². The second-order valence-electron chi connectivity index (χ2n) is 4.72. The monoisotopic (exact) mass is 284 g/mol. The molecule has 5 nitrogen and oxygen atoms in total. The van der Waals surface area contributed by atoms with E-state index in [-0.39, 0.29) is 10.4 Å². The first-order valence-corrected chi connectivity index (χ1v) is 7.31. The minimum absolute atomic E-state index is 0.0374. The Morgan fingerprint density at radius 1 is 1.42 bits per heavy atom. The van der Waals surface area contributed by atoms with Gasteiger partial charge in [-0.15, -0.1) is 0 Å². The van der Waals surface area contributed by atoms with Gasteiger partial charge in [-0.05, 0) is 27.0 Å². The minimum atomic E-state index is -0.409. The molecule has 0 radical (unpaired) electrons. The average molecular weight is 284 g/mol. The summed E-state index contributed by atoms with van der Waals surface area (Å²) in [6.07, 6.45) is 2.04. The van der Waals surface area contributed by atoms with Gasteiger partial charge in [0.05, 0.1) is 17.6 Å². The Morgan fingerprint density at radius 2 is 2.11 bits per heavy atom. The fourth-order valence-electron chi connectivity index (χ4n) is 1.43. The first-order chi connectivity index (χ1) is 8.88. The number of hydrogen-bond donors (Lipinski definition) is 1. The van der Waals surface area contributed by atoms with Crippen LogP contribution in [0.5, 0.6) is 5.75 Å². The van der Waals surface area contributed by atoms with Crippen LogP contribution in [0.1, 0.15) is 20.8 Å². The van der Waals surface area contributed by atoms with E-state index in [4.69, 9.17) is 4.74 Å². The average Bonchev–Trinajstić information content (AvgIpc) is 2.37. The molecule has 106 valence electrons. The summed E-state index contributed by atoms with van der Waals surface area (Å²) < 4.78 is 5.41. The normalized spacial score (nSPS) is 11.2. The number of rotatable bonds is 7. The highest BCUT2D eigenvalue weighted by atomic mass is 32.2. The molecule has 1 N–H and O–H groups in total. The van der Waals surface area contributed by atoms with Crippen molar-refractivity contribution in [1.29, 1.82) is 0 Å². The van der Waals surface area contributed by atoms with Gasteiger partial charge in [0.15, 0.2) is 0 Å². The number of ether oxygens (including phenoxy) is 1. The van der Waals surface area contributed by atoms with Gasteiger partial charge in [-0.3, -0.25) is 10.1 Å². The zero-order chi connectivity index (χ0) is 14.5. The topological polar surface area (TPSA) is 64.4 Å². The molecule has 1 aromatic carbocycles. The molecule has 0 fully saturated rings. The van der Waals surface area contributed by atoms with Gasteiger partial charge in [-0.2, -0.15) is 11.8 Å². The molecular formula is C13H20N2O3S. The van der Waals surface area contributed by atoms with Crippen molar-refractivity contribution in [2.24, 2.45) is 0 Å². The van der Waals surface area contributed by atoms with Crippen LogP contribution < -0.4 is 10.1 Å². The van der Waals surface area contributed by atoms with Gasteiger partial charge in [0.1, 0.15) is 5.75 Å². The van der Waals surface area contributed by atoms with Gasteiger partial charge in [0.25, 0.3) is 5.69 Å². The Kier molecular flexibility index (Phi) is 5.47. The van der Waals surface area contributed by atoms with Crippen molar-refractivity contribution in [3.05, 3.63) is 28.3 Å². The maximum atomic E-state index is 10.9. The molecule has 1 rings (SSSR count). The highest BCUT2D eigenvalue weighted by molar-refractivity contribution is 7.99. The van der Waals surface area contributed by atoms with Gasteiger partial charge < -0.3 is 10.1 Å². The number of hydrogen-bond acceptors (Lipinski definition) is 5. The van der Waals surface area contributed by atoms with Gasteiger partial charge in [-0.25, -0.2) is 0 Å². The van der Waals surface area contributed by atoms with Crippen LogP contribution in [-0.4, -0.2) is 29.1 Å². The van der Waals surface area contributed by atoms with Crippen LogP contribution in [0, 0.1) is 10.1 Å². The van der Waals surface area contributed by atoms with E-state index < -0.39 is 4.92 Å². The number of nitrogens with one attached hydrogen (secondary N) is 1. The standard InChI is InChI=1S/C13H20N2O3S/c1-5-18-12-7-10(6-11(8-12)15(16)17)14-9-13(2,3)19-4/h6-8,14H,5,9H2,1-4H3. The third-order valence-electron chi connectivity index (χ3n) is 2.68. The predicted molar refractivity (Wildman–Crippen MR) is 80.3 cm³/mol. The molecule has 0 bridgehead atoms. The summed E-state index contributed by atoms with van der Waals surface area (Å²) in [5, 5.41) is 14.1. The van der Waals surface area contributed by atoms with Gasteiger partial charge in [-0.1, -0.05) is 0 Å². The lowest BCUT2D eigenvalue weighted by Gasteiger charge is -2.23. The van der Waals surface area contributed by atoms with Crippen molar-refractivity contribution in [1.82, 2.24) is 0 Å². The summed E-state index contributed by atoms with van der Waals surface area (Å²) in [7, 11) is 0. The van der Waals surface area contributed by atoms with Crippen LogP contribution in [0.3, 0.4) is 0 Å². The second-order valence-corrected chi connectivity index (χ2v) is 6.24. The van der Waals surface area contributed by atoms with Crippen LogP contribution in [0.15, 0.2) is 18.2 Å². The number of thioether (sulfide) groups is 1. The molecule has 0 atom stereocenters. The van der Waals surface area contributed by atoms with Crippen LogP contribution in [-0.2, 0) is 0 Å². The van der Waals surface area contributed by atoms with Crippen molar-refractivity contribution in [2.75, 3.05) is 24.7 Å². The maximum Gasteiger partial charge on any atom is 0.275 e. The van der Waals surface area contributed by atoms with Gasteiger partial charge >= 0.3 is 0 Å². The molecule has 0 aliphatic heterocycles. The van der Waals surface area contributed by atoms with E-state index in [0.717, 1.165) is 6.54 Å². The molecule has 0 aromatic heterocycles. The van der Waals surface area contributed by atoms with E-state index in [9.17, 15) is 10.1 Å². The van der Waals surface area contributed by atoms with E-state index in [0.29, 0.717) is 18.0 Å². The first kappa shape index (κ1) is 15.6. The van der Waals surface area contributed by atoms with Crippen LogP contribution >= 0.6 is 11.8 Å². The summed E-state index contributed by atoms with van der Waals surface area (Å²) in [5.41, 5.74) is 0.746. The highest BCUT2D eigenvalue weighted by Gasteiger charge is 2.17. The Morgan fingerprint density at radius 3 is 2.63 bits per heavy atom. The molecule has 0 unspecified atom stereocenters. The summed E-state index contributed by atoms with van der Waals surface area (Å²) in [5.74, 6) is 0.515. The van der Waals surface area contributed by atoms with Gasteiger partial charge in [0.2, 0.25) is 0 Å². The summed E-state index contributed by atoms with van der Waals surface area (Å²) in [4.78, 5) is 10.5. The third-order valence-corrected chi connectivity index (χ3v) is 3.93. The predicted octanol–water partition coefficient (Wildman–Crippen LogP) is 3.55. The molecular weight excluding hydrogens is 264 g/mol. The molecule has 0 saturated carbocycles. The first-order valence-electron chi connectivity index (χ1n) is 6.09. The van der Waals surface area contributed by atoms with Crippen LogP contribution in [0.4, 0.5) is 11.4 Å². The molecule has 1 aromatic rings. The number of non-ortho nitro benzene ring substituents is 1. The summed E-state index contributed by atoms with van der Waals surface area (Å²) >= 11 is 1.74. The fourth-order valence-corrected chi connectivity index (χ4v) is 1.64. The lowest BCUT2D eigenvalue weighted by atomic mass is 10.2. The van der Waals surface area contributed by atoms with E-state index in [2.05, 4.69) is 19.2 Å². The maximum absolute atomic E-state index is 10.9. The summed E-state index contributed by atoms with van der Waals surface area (Å²) in [6, 6.07) is 4.75. The van der Waals surface area contributed by atoms with Gasteiger partial charge in [0, 0.05) is 29.1 Å². The SMILES string of the molecule is CCOc1cc(NCC(C)(C)SC)cc([N+](=O)[O-])c1. The molecule has 0 spiro atoms. The fraction of sp³-hybridized carbons (Fsp3) is 0.538. The summed E-state index contributed by atoms with van der Waals surface area (Å²) in [6.45, 7) is 7.29. The zero-order valence-electron chi connectivity index (χ0n) is 11.7. The smallest absolute Gasteiger partial charge is 0.275 e. The molecule has 0 amide bonds. The molecule has 0 aliphatic carbocycles. The lowest BCUT2D eigenvalue weighted by molar-refractivity contribution is -0.384. The number of nitro benzene ring substituents is 1. The van der Waals surface area contributed by atoms with Crippen molar-refractivity contribution in [3.63, 3.8) is 0 Å². The van der Waals surface area contributed by atoms with Crippen LogP contribution in [0.2, 0.25) is 0 Å². The molecule has 19 heavy (non-hydrogen) atoms. The number of anilines is 1. The van der Waals surface area contributed by atoms with E-state index in [1.54, 1.807) is 17.8 Å². The molecule has 0 aliphatic rings. The highest BCUT2D eigenvalue weighted by Crippen LogP contribution is 2.28. The Balaban J connectivity index is 2.90. The Bertz CT molecular complexity index is 450.